The highest BCUT2D eigenvalue weighted by Crippen LogP contribution is 2.07. The average molecular weight is 277 g/mol. The van der Waals surface area contributed by atoms with Gasteiger partial charge in [0, 0.05) is 12.6 Å². The second kappa shape index (κ2) is 10.4. The van der Waals surface area contributed by atoms with Crippen molar-refractivity contribution in [1.82, 2.24) is 5.32 Å². The van der Waals surface area contributed by atoms with Crippen LogP contribution in [0.15, 0.2) is 24.5 Å². The minimum absolute atomic E-state index is 0.0316. The van der Waals surface area contributed by atoms with E-state index in [0.29, 0.717) is 0 Å². The first-order chi connectivity index (χ1) is 9.74. The van der Waals surface area contributed by atoms with E-state index in [1.54, 1.807) is 0 Å². The summed E-state index contributed by atoms with van der Waals surface area (Å²) in [5, 5.41) is 2.99. The minimum atomic E-state index is 0.0316. The molecule has 0 aromatic carbocycles. The van der Waals surface area contributed by atoms with Crippen molar-refractivity contribution in [3.8, 4) is 0 Å². The van der Waals surface area contributed by atoms with Crippen LogP contribution in [-0.2, 0) is 7.05 Å². The van der Waals surface area contributed by atoms with Gasteiger partial charge in [-0.05, 0) is 12.5 Å². The third-order valence-electron chi connectivity index (χ3n) is 3.52. The molecule has 0 fully saturated rings. The van der Waals surface area contributed by atoms with Crippen molar-refractivity contribution >= 4 is 5.91 Å². The maximum atomic E-state index is 11.9. The molecule has 0 saturated carbocycles. The normalized spacial score (nSPS) is 10.5. The third-order valence-corrected chi connectivity index (χ3v) is 3.52. The van der Waals surface area contributed by atoms with Gasteiger partial charge in [0.25, 0.3) is 5.91 Å². The first kappa shape index (κ1) is 16.7. The number of hydrogen-bond acceptors (Lipinski definition) is 1. The van der Waals surface area contributed by atoms with Crippen LogP contribution in [0.25, 0.3) is 0 Å². The molecule has 20 heavy (non-hydrogen) atoms. The number of aryl methyl sites for hydroxylation is 1. The van der Waals surface area contributed by atoms with Gasteiger partial charge >= 0.3 is 0 Å². The van der Waals surface area contributed by atoms with E-state index in [2.05, 4.69) is 12.2 Å². The standard InChI is InChI=1S/C17H28N2O/c1-3-4-5-6-7-8-9-10-13-18-17(20)16-12-11-14-19(2)15-16/h11-12,14-15H,3-10,13H2,1-2H3/p+1. The fraction of sp³-hybridized carbons (Fsp3) is 0.647. The molecular formula is C17H29N2O+. The molecule has 1 rings (SSSR count). The van der Waals surface area contributed by atoms with Crippen molar-refractivity contribution in [2.24, 2.45) is 7.05 Å². The van der Waals surface area contributed by atoms with Crippen molar-refractivity contribution in [2.45, 2.75) is 58.3 Å². The first-order valence-electron chi connectivity index (χ1n) is 7.97. The molecule has 1 N–H and O–H groups in total. The van der Waals surface area contributed by atoms with Crippen LogP contribution in [0.2, 0.25) is 0 Å². The van der Waals surface area contributed by atoms with Crippen molar-refractivity contribution < 1.29 is 9.36 Å². The molecule has 0 spiro atoms. The minimum Gasteiger partial charge on any atom is -0.352 e. The summed E-state index contributed by atoms with van der Waals surface area (Å²) in [5.41, 5.74) is 0.731. The van der Waals surface area contributed by atoms with Gasteiger partial charge in [0.15, 0.2) is 12.4 Å². The lowest BCUT2D eigenvalue weighted by atomic mass is 10.1. The summed E-state index contributed by atoms with van der Waals surface area (Å²) in [7, 11) is 1.93. The van der Waals surface area contributed by atoms with Crippen molar-refractivity contribution in [3.63, 3.8) is 0 Å². The molecule has 1 amide bonds. The Morgan fingerprint density at radius 3 is 2.40 bits per heavy atom. The molecule has 0 bridgehead atoms. The van der Waals surface area contributed by atoms with Crippen molar-refractivity contribution in [3.05, 3.63) is 30.1 Å². The van der Waals surface area contributed by atoms with Gasteiger partial charge in [-0.3, -0.25) is 4.79 Å². The average Bonchev–Trinajstić information content (AvgIpc) is 2.45. The first-order valence-corrected chi connectivity index (χ1v) is 7.97. The van der Waals surface area contributed by atoms with Crippen LogP contribution >= 0.6 is 0 Å². The largest absolute Gasteiger partial charge is 0.352 e. The molecule has 0 aliphatic rings. The lowest BCUT2D eigenvalue weighted by molar-refractivity contribution is -0.671. The van der Waals surface area contributed by atoms with E-state index in [9.17, 15) is 4.79 Å². The van der Waals surface area contributed by atoms with Gasteiger partial charge in [0.1, 0.15) is 12.6 Å². The van der Waals surface area contributed by atoms with Gasteiger partial charge in [0.2, 0.25) is 0 Å². The zero-order valence-electron chi connectivity index (χ0n) is 13.0. The summed E-state index contributed by atoms with van der Waals surface area (Å²) in [6, 6.07) is 3.74. The monoisotopic (exact) mass is 277 g/mol. The van der Waals surface area contributed by atoms with Crippen LogP contribution in [0.4, 0.5) is 0 Å². The Morgan fingerprint density at radius 1 is 1.10 bits per heavy atom. The Kier molecular flexibility index (Phi) is 8.68. The molecule has 1 aromatic heterocycles. The molecule has 0 unspecified atom stereocenters. The van der Waals surface area contributed by atoms with Crippen molar-refractivity contribution in [1.29, 1.82) is 0 Å². The smallest absolute Gasteiger partial charge is 0.257 e. The van der Waals surface area contributed by atoms with Crippen LogP contribution in [0.3, 0.4) is 0 Å². The van der Waals surface area contributed by atoms with E-state index >= 15 is 0 Å². The highest BCUT2D eigenvalue weighted by atomic mass is 16.1. The highest BCUT2D eigenvalue weighted by molar-refractivity contribution is 5.93. The molecule has 0 aliphatic heterocycles. The molecule has 0 atom stereocenters. The van der Waals surface area contributed by atoms with Crippen LogP contribution in [0.5, 0.6) is 0 Å². The molecule has 0 saturated heterocycles. The van der Waals surface area contributed by atoms with Gasteiger partial charge in [-0.25, -0.2) is 4.57 Å². The van der Waals surface area contributed by atoms with Gasteiger partial charge in [-0.15, -0.1) is 0 Å². The number of pyridine rings is 1. The molecule has 3 nitrogen and oxygen atoms in total. The zero-order chi connectivity index (χ0) is 14.6. The topological polar surface area (TPSA) is 33.0 Å². The van der Waals surface area contributed by atoms with Gasteiger partial charge < -0.3 is 5.32 Å². The van der Waals surface area contributed by atoms with E-state index in [1.807, 2.05) is 36.1 Å². The lowest BCUT2D eigenvalue weighted by Gasteiger charge is -2.04. The fourth-order valence-corrected chi connectivity index (χ4v) is 2.29. The number of unbranched alkanes of at least 4 members (excludes halogenated alkanes) is 7. The number of hydrogen-bond donors (Lipinski definition) is 1. The van der Waals surface area contributed by atoms with E-state index in [-0.39, 0.29) is 5.91 Å². The molecule has 1 aromatic rings. The zero-order valence-corrected chi connectivity index (χ0v) is 13.0. The third kappa shape index (κ3) is 7.27. The molecule has 0 aliphatic carbocycles. The number of aromatic nitrogens is 1. The number of carbonyl (C=O) groups excluding carboxylic acids is 1. The Hall–Kier alpha value is -1.38. The maximum absolute atomic E-state index is 11.9. The Bertz CT molecular complexity index is 390. The number of nitrogens with zero attached hydrogens (tertiary/aromatic N) is 1. The van der Waals surface area contributed by atoms with E-state index in [1.165, 1.54) is 44.9 Å². The summed E-state index contributed by atoms with van der Waals surface area (Å²) < 4.78 is 1.89. The lowest BCUT2D eigenvalue weighted by Crippen LogP contribution is -2.31. The Labute approximate surface area is 123 Å². The Balaban J connectivity index is 2.02. The van der Waals surface area contributed by atoms with Gasteiger partial charge in [-0.2, -0.15) is 0 Å². The number of nitrogens with one attached hydrogen (secondary N) is 1. The van der Waals surface area contributed by atoms with Crippen LogP contribution in [0, 0.1) is 0 Å². The predicted octanol–water partition coefficient (Wildman–Crippen LogP) is 3.38. The Morgan fingerprint density at radius 2 is 1.75 bits per heavy atom. The quantitative estimate of drug-likeness (QED) is 0.516. The molecule has 1 heterocycles. The molecule has 0 radical (unpaired) electrons. The predicted molar refractivity (Wildman–Crippen MR) is 82.6 cm³/mol. The van der Waals surface area contributed by atoms with Crippen LogP contribution in [-0.4, -0.2) is 12.5 Å². The summed E-state index contributed by atoms with van der Waals surface area (Å²) in [4.78, 5) is 11.9. The van der Waals surface area contributed by atoms with Gasteiger partial charge in [-0.1, -0.05) is 51.9 Å². The molecular weight excluding hydrogens is 248 g/mol. The van der Waals surface area contributed by atoms with E-state index in [0.717, 1.165) is 18.5 Å². The summed E-state index contributed by atoms with van der Waals surface area (Å²) >= 11 is 0. The second-order valence-corrected chi connectivity index (χ2v) is 5.49. The van der Waals surface area contributed by atoms with Crippen molar-refractivity contribution in [2.75, 3.05) is 6.54 Å². The van der Waals surface area contributed by atoms with Crippen LogP contribution in [0.1, 0.15) is 68.6 Å². The summed E-state index contributed by atoms with van der Waals surface area (Å²) in [6.07, 6.45) is 14.1. The SMILES string of the molecule is CCCCCCCCCCNC(=O)c1ccc[n+](C)c1. The van der Waals surface area contributed by atoms with E-state index in [4.69, 9.17) is 0 Å². The number of rotatable bonds is 10. The highest BCUT2D eigenvalue weighted by Gasteiger charge is 2.07. The molecule has 112 valence electrons. The number of carbonyl (C=O) groups is 1. The number of amides is 1. The summed E-state index contributed by atoms with van der Waals surface area (Å²) in [5.74, 6) is 0.0316. The second-order valence-electron chi connectivity index (χ2n) is 5.49. The fourth-order valence-electron chi connectivity index (χ4n) is 2.29. The van der Waals surface area contributed by atoms with Crippen LogP contribution < -0.4 is 9.88 Å². The molecule has 3 heteroatoms. The summed E-state index contributed by atoms with van der Waals surface area (Å²) in [6.45, 7) is 3.03. The van der Waals surface area contributed by atoms with E-state index < -0.39 is 0 Å². The maximum Gasteiger partial charge on any atom is 0.257 e. The van der Waals surface area contributed by atoms with Gasteiger partial charge in [0.05, 0.1) is 0 Å².